The van der Waals surface area contributed by atoms with Crippen molar-refractivity contribution in [1.82, 2.24) is 0 Å². The van der Waals surface area contributed by atoms with Gasteiger partial charge in [0.1, 0.15) is 5.56 Å². The second kappa shape index (κ2) is 4.98. The third-order valence-corrected chi connectivity index (χ3v) is 3.00. The molecule has 0 aliphatic heterocycles. The molecule has 0 aromatic heterocycles. The van der Waals surface area contributed by atoms with E-state index in [-0.39, 0.29) is 17.1 Å². The molecule has 0 saturated heterocycles. The zero-order valence-corrected chi connectivity index (χ0v) is 9.78. The molecule has 0 radical (unpaired) electrons. The number of benzene rings is 1. The fraction of sp³-hybridized carbons (Fsp3) is 0.300. The van der Waals surface area contributed by atoms with Gasteiger partial charge in [0.05, 0.1) is 12.9 Å². The lowest BCUT2D eigenvalue weighted by Gasteiger charge is -2.08. The summed E-state index contributed by atoms with van der Waals surface area (Å²) < 4.78 is 31.8. The number of carbonyl (C=O) groups is 1. The molecule has 0 atom stereocenters. The van der Waals surface area contributed by atoms with Crippen LogP contribution in [0.4, 0.5) is 0 Å². The average Bonchev–Trinajstić information content (AvgIpc) is 2.28. The van der Waals surface area contributed by atoms with E-state index in [0.29, 0.717) is 0 Å². The summed E-state index contributed by atoms with van der Waals surface area (Å²) in [5, 5.41) is 0. The number of hydrogen-bond donors (Lipinski definition) is 0. The smallest absolute Gasteiger partial charge is 0.341 e. The van der Waals surface area contributed by atoms with Gasteiger partial charge in [0.15, 0.2) is 5.75 Å². The van der Waals surface area contributed by atoms with Crippen LogP contribution >= 0.6 is 0 Å². The van der Waals surface area contributed by atoms with E-state index in [1.54, 1.807) is 12.1 Å². The van der Waals surface area contributed by atoms with Gasteiger partial charge in [0, 0.05) is 0 Å². The molecule has 0 amide bonds. The fourth-order valence-corrected chi connectivity index (χ4v) is 1.55. The Labute approximate surface area is 94.1 Å². The number of methoxy groups -OCH3 is 1. The minimum absolute atomic E-state index is 0.0174. The van der Waals surface area contributed by atoms with Crippen molar-refractivity contribution in [1.29, 1.82) is 0 Å². The first-order chi connectivity index (χ1) is 7.50. The van der Waals surface area contributed by atoms with Crippen molar-refractivity contribution in [3.05, 3.63) is 29.8 Å². The van der Waals surface area contributed by atoms with Crippen LogP contribution in [0, 0.1) is 0 Å². The van der Waals surface area contributed by atoms with Crippen molar-refractivity contribution < 1.29 is 22.1 Å². The van der Waals surface area contributed by atoms with Crippen LogP contribution < -0.4 is 4.18 Å². The predicted octanol–water partition coefficient (Wildman–Crippen LogP) is 1.20. The quantitative estimate of drug-likeness (QED) is 0.588. The molecule has 6 heteroatoms. The summed E-state index contributed by atoms with van der Waals surface area (Å²) in [6.07, 6.45) is 0. The Morgan fingerprint density at radius 2 is 1.94 bits per heavy atom. The number of carbonyl (C=O) groups excluding carboxylic acids is 1. The van der Waals surface area contributed by atoms with Crippen LogP contribution in [-0.2, 0) is 14.9 Å². The van der Waals surface area contributed by atoms with Gasteiger partial charge in [-0.2, -0.15) is 8.42 Å². The van der Waals surface area contributed by atoms with Gasteiger partial charge >= 0.3 is 16.1 Å². The van der Waals surface area contributed by atoms with E-state index in [1.165, 1.54) is 26.2 Å². The molecule has 0 bridgehead atoms. The second-order valence-electron chi connectivity index (χ2n) is 2.92. The zero-order chi connectivity index (χ0) is 12.2. The minimum Gasteiger partial charge on any atom is -0.465 e. The van der Waals surface area contributed by atoms with Gasteiger partial charge in [-0.15, -0.1) is 0 Å². The molecule has 0 N–H and O–H groups in total. The zero-order valence-electron chi connectivity index (χ0n) is 8.97. The van der Waals surface area contributed by atoms with E-state index in [1.807, 2.05) is 0 Å². The van der Waals surface area contributed by atoms with Crippen LogP contribution in [-0.4, -0.2) is 27.2 Å². The van der Waals surface area contributed by atoms with E-state index in [9.17, 15) is 13.2 Å². The Morgan fingerprint density at radius 1 is 1.31 bits per heavy atom. The standard InChI is InChI=1S/C10H12O5S/c1-3-16(12,13)15-9-7-5-4-6-8(9)10(11)14-2/h4-7H,3H2,1-2H3. The first-order valence-electron chi connectivity index (χ1n) is 4.59. The maximum absolute atomic E-state index is 11.3. The minimum atomic E-state index is -3.64. The second-order valence-corrected chi connectivity index (χ2v) is 4.78. The van der Waals surface area contributed by atoms with E-state index in [4.69, 9.17) is 4.18 Å². The Bertz CT molecular complexity index is 478. The van der Waals surface area contributed by atoms with Crippen molar-refractivity contribution in [2.45, 2.75) is 6.92 Å². The first kappa shape index (κ1) is 12.5. The Morgan fingerprint density at radius 3 is 2.50 bits per heavy atom. The maximum Gasteiger partial charge on any atom is 0.341 e. The van der Waals surface area contributed by atoms with Crippen molar-refractivity contribution in [3.8, 4) is 5.75 Å². The van der Waals surface area contributed by atoms with Crippen LogP contribution in [0.15, 0.2) is 24.3 Å². The topological polar surface area (TPSA) is 69.7 Å². The Kier molecular flexibility index (Phi) is 3.89. The molecule has 1 aromatic rings. The number of esters is 1. The molecule has 0 heterocycles. The van der Waals surface area contributed by atoms with Crippen molar-refractivity contribution in [2.75, 3.05) is 12.9 Å². The molecule has 0 saturated carbocycles. The van der Waals surface area contributed by atoms with Crippen molar-refractivity contribution >= 4 is 16.1 Å². The summed E-state index contributed by atoms with van der Waals surface area (Å²) in [5.41, 5.74) is 0.0852. The largest absolute Gasteiger partial charge is 0.465 e. The number of rotatable bonds is 4. The summed E-state index contributed by atoms with van der Waals surface area (Å²) in [4.78, 5) is 11.3. The molecule has 0 spiro atoms. The summed E-state index contributed by atoms with van der Waals surface area (Å²) >= 11 is 0. The van der Waals surface area contributed by atoms with Crippen molar-refractivity contribution in [3.63, 3.8) is 0 Å². The van der Waals surface area contributed by atoms with Gasteiger partial charge in [-0.1, -0.05) is 12.1 Å². The molecule has 5 nitrogen and oxygen atoms in total. The molecule has 0 aliphatic carbocycles. The summed E-state index contributed by atoms with van der Waals surface area (Å²) in [5.74, 6) is -0.819. The highest BCUT2D eigenvalue weighted by Gasteiger charge is 2.17. The van der Waals surface area contributed by atoms with Gasteiger partial charge in [-0.3, -0.25) is 0 Å². The predicted molar refractivity (Wildman–Crippen MR) is 57.9 cm³/mol. The molecular weight excluding hydrogens is 232 g/mol. The van der Waals surface area contributed by atoms with E-state index >= 15 is 0 Å². The van der Waals surface area contributed by atoms with Crippen LogP contribution in [0.2, 0.25) is 0 Å². The molecule has 1 aromatic carbocycles. The van der Waals surface area contributed by atoms with Crippen LogP contribution in [0.5, 0.6) is 5.75 Å². The molecule has 16 heavy (non-hydrogen) atoms. The first-order valence-corrected chi connectivity index (χ1v) is 6.17. The molecule has 1 rings (SSSR count). The van der Waals surface area contributed by atoms with E-state index < -0.39 is 16.1 Å². The summed E-state index contributed by atoms with van der Waals surface area (Å²) in [6.45, 7) is 1.45. The lowest BCUT2D eigenvalue weighted by molar-refractivity contribution is 0.0599. The third-order valence-electron chi connectivity index (χ3n) is 1.86. The van der Waals surface area contributed by atoms with E-state index in [2.05, 4.69) is 4.74 Å². The lowest BCUT2D eigenvalue weighted by Crippen LogP contribution is -2.14. The highest BCUT2D eigenvalue weighted by atomic mass is 32.2. The highest BCUT2D eigenvalue weighted by Crippen LogP contribution is 2.20. The Balaban J connectivity index is 3.10. The highest BCUT2D eigenvalue weighted by molar-refractivity contribution is 7.87. The van der Waals surface area contributed by atoms with E-state index in [0.717, 1.165) is 0 Å². The van der Waals surface area contributed by atoms with Crippen molar-refractivity contribution in [2.24, 2.45) is 0 Å². The average molecular weight is 244 g/mol. The monoisotopic (exact) mass is 244 g/mol. The van der Waals surface area contributed by atoms with Crippen LogP contribution in [0.1, 0.15) is 17.3 Å². The molecule has 88 valence electrons. The fourth-order valence-electron chi connectivity index (χ4n) is 1.01. The lowest BCUT2D eigenvalue weighted by atomic mass is 10.2. The number of hydrogen-bond acceptors (Lipinski definition) is 5. The van der Waals surface area contributed by atoms with Crippen LogP contribution in [0.3, 0.4) is 0 Å². The summed E-state index contributed by atoms with van der Waals surface area (Å²) in [6, 6.07) is 6.01. The van der Waals surface area contributed by atoms with Gasteiger partial charge in [-0.25, -0.2) is 4.79 Å². The van der Waals surface area contributed by atoms with Gasteiger partial charge in [0.2, 0.25) is 0 Å². The summed E-state index contributed by atoms with van der Waals surface area (Å²) in [7, 11) is -2.43. The number of ether oxygens (including phenoxy) is 1. The molecule has 0 aliphatic rings. The van der Waals surface area contributed by atoms with Gasteiger partial charge in [0.25, 0.3) is 0 Å². The molecule has 0 unspecified atom stereocenters. The maximum atomic E-state index is 11.3. The van der Waals surface area contributed by atoms with Gasteiger partial charge < -0.3 is 8.92 Å². The number of para-hydroxylation sites is 1. The molecular formula is C10H12O5S. The Hall–Kier alpha value is -1.56. The van der Waals surface area contributed by atoms with Crippen LogP contribution in [0.25, 0.3) is 0 Å². The molecule has 0 fully saturated rings. The van der Waals surface area contributed by atoms with Gasteiger partial charge in [-0.05, 0) is 19.1 Å². The third kappa shape index (κ3) is 2.96. The SMILES string of the molecule is CCS(=O)(=O)Oc1ccccc1C(=O)OC. The normalized spacial score (nSPS) is 10.9.